The molecular weight excluding hydrogens is 142 g/mol. The van der Waals surface area contributed by atoms with Gasteiger partial charge in [0.15, 0.2) is 0 Å². The second kappa shape index (κ2) is 3.88. The fourth-order valence-corrected chi connectivity index (χ4v) is 1.87. The molecule has 10 heavy (non-hydrogen) atoms. The van der Waals surface area contributed by atoms with Crippen LogP contribution in [0.3, 0.4) is 0 Å². The summed E-state index contributed by atoms with van der Waals surface area (Å²) in [5.41, 5.74) is 0.919. The van der Waals surface area contributed by atoms with Crippen molar-refractivity contribution in [3.05, 3.63) is 0 Å². The van der Waals surface area contributed by atoms with Crippen molar-refractivity contribution >= 4 is 16.2 Å². The van der Waals surface area contributed by atoms with Gasteiger partial charge in [0.1, 0.15) is 10.5 Å². The molecule has 0 saturated heterocycles. The quantitative estimate of drug-likeness (QED) is 0.582. The van der Waals surface area contributed by atoms with Gasteiger partial charge in [-0.2, -0.15) is 0 Å². The molecule has 3 heteroatoms. The molecule has 58 valence electrons. The van der Waals surface area contributed by atoms with E-state index in [-0.39, 0.29) is 0 Å². The lowest BCUT2D eigenvalue weighted by molar-refractivity contribution is 0.290. The van der Waals surface area contributed by atoms with Crippen molar-refractivity contribution in [2.45, 2.75) is 25.7 Å². The van der Waals surface area contributed by atoms with E-state index in [1.165, 1.54) is 19.3 Å². The van der Waals surface area contributed by atoms with Crippen LogP contribution in [0.5, 0.6) is 0 Å². The third-order valence-corrected chi connectivity index (χ3v) is 2.44. The third kappa shape index (κ3) is 1.92. The summed E-state index contributed by atoms with van der Waals surface area (Å²) >= 11 is 0. The van der Waals surface area contributed by atoms with Crippen molar-refractivity contribution in [2.24, 2.45) is 5.92 Å². The van der Waals surface area contributed by atoms with E-state index in [0.29, 0.717) is 5.92 Å². The van der Waals surface area contributed by atoms with E-state index >= 15 is 0 Å². The van der Waals surface area contributed by atoms with Gasteiger partial charge in [-0.1, -0.05) is 6.42 Å². The van der Waals surface area contributed by atoms with Crippen LogP contribution in [-0.2, 0) is 4.43 Å². The van der Waals surface area contributed by atoms with E-state index < -0.39 is 0 Å². The molecule has 0 aromatic carbocycles. The van der Waals surface area contributed by atoms with Gasteiger partial charge in [0.25, 0.3) is 0 Å². The lowest BCUT2D eigenvalue weighted by Crippen LogP contribution is -2.22. The van der Waals surface area contributed by atoms with E-state index in [2.05, 4.69) is 0 Å². The number of hydrogen-bond donors (Lipinski definition) is 1. The first-order chi connectivity index (χ1) is 4.84. The van der Waals surface area contributed by atoms with Gasteiger partial charge in [-0.05, 0) is 19.3 Å². The Kier molecular flexibility index (Phi) is 3.09. The maximum atomic E-state index is 7.58. The normalized spacial score (nSPS) is 27.2. The topological polar surface area (TPSA) is 33.1 Å². The number of nitrogens with one attached hydrogen (secondary N) is 1. The molecule has 0 aromatic rings. The first kappa shape index (κ1) is 7.95. The van der Waals surface area contributed by atoms with Gasteiger partial charge in [-0.15, -0.1) is 0 Å². The minimum Gasteiger partial charge on any atom is -0.427 e. The summed E-state index contributed by atoms with van der Waals surface area (Å²) in [6.45, 7) is 0.811. The zero-order valence-electron chi connectivity index (χ0n) is 6.52. The molecule has 1 atom stereocenters. The van der Waals surface area contributed by atoms with Crippen LogP contribution in [0.4, 0.5) is 0 Å². The largest absolute Gasteiger partial charge is 0.427 e. The Morgan fingerprint density at radius 2 is 2.40 bits per heavy atom. The zero-order chi connectivity index (χ0) is 7.40. The van der Waals surface area contributed by atoms with Crippen molar-refractivity contribution in [3.63, 3.8) is 0 Å². The lowest BCUT2D eigenvalue weighted by Gasteiger charge is -2.21. The molecule has 1 rings (SSSR count). The first-order valence-corrected chi connectivity index (χ1v) is 4.72. The Hall–Kier alpha value is -0.153. The minimum atomic E-state index is 0.464. The molecule has 1 N–H and O–H groups in total. The van der Waals surface area contributed by atoms with Crippen molar-refractivity contribution in [1.82, 2.24) is 0 Å². The Bertz CT molecular complexity index is 125. The minimum absolute atomic E-state index is 0.464. The smallest absolute Gasteiger partial charge is 0.145 e. The fraction of sp³-hybridized carbons (Fsp3) is 0.857. The Morgan fingerprint density at radius 1 is 1.60 bits per heavy atom. The van der Waals surface area contributed by atoms with Crippen LogP contribution >= 0.6 is 0 Å². The van der Waals surface area contributed by atoms with E-state index in [1.807, 2.05) is 0 Å². The maximum Gasteiger partial charge on any atom is 0.145 e. The van der Waals surface area contributed by atoms with Crippen molar-refractivity contribution in [2.75, 3.05) is 6.61 Å². The average Bonchev–Trinajstić information content (AvgIpc) is 1.94. The Labute approximate surface area is 65.0 Å². The molecule has 0 heterocycles. The van der Waals surface area contributed by atoms with Gasteiger partial charge >= 0.3 is 0 Å². The van der Waals surface area contributed by atoms with Gasteiger partial charge in [-0.3, -0.25) is 0 Å². The summed E-state index contributed by atoms with van der Waals surface area (Å²) in [5, 5.41) is 7.58. The molecule has 1 aliphatic rings. The third-order valence-electron chi connectivity index (χ3n) is 2.11. The first-order valence-electron chi connectivity index (χ1n) is 3.91. The summed E-state index contributed by atoms with van der Waals surface area (Å²) in [6, 6.07) is 0. The van der Waals surface area contributed by atoms with E-state index in [9.17, 15) is 0 Å². The van der Waals surface area contributed by atoms with Crippen LogP contribution in [0, 0.1) is 11.3 Å². The fourth-order valence-electron chi connectivity index (χ4n) is 1.47. The molecule has 1 saturated carbocycles. The molecule has 2 nitrogen and oxygen atoms in total. The Balaban J connectivity index is 2.32. The van der Waals surface area contributed by atoms with E-state index in [0.717, 1.165) is 29.2 Å². The van der Waals surface area contributed by atoms with Crippen LogP contribution in [0.25, 0.3) is 0 Å². The summed E-state index contributed by atoms with van der Waals surface area (Å²) in [4.78, 5) is 0. The van der Waals surface area contributed by atoms with Crippen LogP contribution in [0.15, 0.2) is 0 Å². The molecule has 1 aliphatic carbocycles. The molecule has 1 unspecified atom stereocenters. The second-order valence-electron chi connectivity index (χ2n) is 2.92. The summed E-state index contributed by atoms with van der Waals surface area (Å²) < 4.78 is 5.15. The van der Waals surface area contributed by atoms with Gasteiger partial charge in [0.05, 0.1) is 0 Å². The summed E-state index contributed by atoms with van der Waals surface area (Å²) in [7, 11) is 0.817. The van der Waals surface area contributed by atoms with Gasteiger partial charge in [0.2, 0.25) is 0 Å². The van der Waals surface area contributed by atoms with Crippen molar-refractivity contribution in [1.29, 1.82) is 5.41 Å². The highest BCUT2D eigenvalue weighted by Crippen LogP contribution is 2.20. The number of rotatable bonds is 2. The van der Waals surface area contributed by atoms with Gasteiger partial charge < -0.3 is 9.84 Å². The molecule has 0 aromatic heterocycles. The van der Waals surface area contributed by atoms with Crippen molar-refractivity contribution in [3.8, 4) is 0 Å². The lowest BCUT2D eigenvalue weighted by atomic mass is 9.88. The van der Waals surface area contributed by atoms with E-state index in [4.69, 9.17) is 9.84 Å². The molecule has 0 amide bonds. The summed E-state index contributed by atoms with van der Waals surface area (Å²) in [5.74, 6) is 0.464. The van der Waals surface area contributed by atoms with Gasteiger partial charge in [-0.25, -0.2) is 0 Å². The second-order valence-corrected chi connectivity index (χ2v) is 3.50. The molecule has 0 bridgehead atoms. The van der Waals surface area contributed by atoms with Crippen LogP contribution < -0.4 is 0 Å². The standard InChI is InChI=1S/C7H15NOSi/c8-7-4-2-1-3-6(7)5-9-10/h6,8H,1-5H2,10H3. The molecule has 0 radical (unpaired) electrons. The Morgan fingerprint density at radius 3 is 3.00 bits per heavy atom. The van der Waals surface area contributed by atoms with Crippen LogP contribution in [0.1, 0.15) is 25.7 Å². The predicted molar refractivity (Wildman–Crippen MR) is 45.6 cm³/mol. The maximum absolute atomic E-state index is 7.58. The van der Waals surface area contributed by atoms with Crippen molar-refractivity contribution < 1.29 is 4.43 Å². The highest BCUT2D eigenvalue weighted by atomic mass is 28.2. The van der Waals surface area contributed by atoms with Crippen LogP contribution in [-0.4, -0.2) is 22.8 Å². The highest BCUT2D eigenvalue weighted by molar-refractivity contribution is 5.98. The molecule has 1 fully saturated rings. The molecule has 0 spiro atoms. The molecular formula is C7H15NOSi. The number of hydrogen-bond acceptors (Lipinski definition) is 2. The zero-order valence-corrected chi connectivity index (χ0v) is 8.52. The van der Waals surface area contributed by atoms with Gasteiger partial charge in [0, 0.05) is 18.2 Å². The highest BCUT2D eigenvalue weighted by Gasteiger charge is 2.17. The van der Waals surface area contributed by atoms with Crippen LogP contribution in [0.2, 0.25) is 0 Å². The van der Waals surface area contributed by atoms with E-state index in [1.54, 1.807) is 0 Å². The summed E-state index contributed by atoms with van der Waals surface area (Å²) in [6.07, 6.45) is 4.70. The monoisotopic (exact) mass is 157 g/mol. The predicted octanol–water partition coefficient (Wildman–Crippen LogP) is 0.493. The average molecular weight is 157 g/mol. The SMILES string of the molecule is N=C1CCCCC1CO[SiH3]. The molecule has 0 aliphatic heterocycles.